The number of alkyl halides is 3. The Hall–Kier alpha value is -2.14. The van der Waals surface area contributed by atoms with Crippen LogP contribution in [-0.2, 0) is 27.4 Å². The third kappa shape index (κ3) is 8.48. The van der Waals surface area contributed by atoms with Gasteiger partial charge in [0.1, 0.15) is 6.61 Å². The maximum atomic E-state index is 12.7. The van der Waals surface area contributed by atoms with Crippen molar-refractivity contribution in [1.82, 2.24) is 19.6 Å². The molecule has 2 heterocycles. The zero-order valence-electron chi connectivity index (χ0n) is 18.0. The van der Waals surface area contributed by atoms with E-state index in [-0.39, 0.29) is 18.6 Å². The molecule has 1 fully saturated rings. The Morgan fingerprint density at radius 3 is 2.48 bits per heavy atom. The van der Waals surface area contributed by atoms with E-state index in [4.69, 9.17) is 14.6 Å². The van der Waals surface area contributed by atoms with Gasteiger partial charge in [0, 0.05) is 19.3 Å². The summed E-state index contributed by atoms with van der Waals surface area (Å²) in [6.07, 6.45) is 2.77. The maximum Gasteiger partial charge on any atom is 0.490 e. The lowest BCUT2D eigenvalue weighted by molar-refractivity contribution is -0.192. The third-order valence-corrected chi connectivity index (χ3v) is 5.39. The van der Waals surface area contributed by atoms with E-state index in [0.717, 1.165) is 44.6 Å². The van der Waals surface area contributed by atoms with Crippen LogP contribution in [0.3, 0.4) is 0 Å². The molecule has 1 amide bonds. The predicted molar refractivity (Wildman–Crippen MR) is 106 cm³/mol. The number of rotatable bonds is 6. The minimum Gasteiger partial charge on any atom is -0.475 e. The molecule has 0 aromatic carbocycles. The molecule has 31 heavy (non-hydrogen) atoms. The van der Waals surface area contributed by atoms with E-state index in [1.54, 1.807) is 0 Å². The molecule has 1 aliphatic carbocycles. The van der Waals surface area contributed by atoms with Gasteiger partial charge in [-0.25, -0.2) is 4.79 Å². The number of nitrogens with zero attached hydrogens (tertiary/aromatic N) is 4. The largest absolute Gasteiger partial charge is 0.490 e. The smallest absolute Gasteiger partial charge is 0.475 e. The number of carboxylic acid groups (broad SMARTS) is 1. The van der Waals surface area contributed by atoms with Crippen LogP contribution >= 0.6 is 0 Å². The molecule has 1 saturated carbocycles. The summed E-state index contributed by atoms with van der Waals surface area (Å²) in [6, 6.07) is 2.02. The zero-order valence-corrected chi connectivity index (χ0v) is 18.0. The number of hydrogen-bond acceptors (Lipinski definition) is 5. The average molecular weight is 448 g/mol. The number of carbonyl (C=O) groups excluding carboxylic acids is 1. The second-order valence-electron chi connectivity index (χ2n) is 8.26. The van der Waals surface area contributed by atoms with Gasteiger partial charge in [0.15, 0.2) is 0 Å². The second kappa shape index (κ2) is 11.5. The molecule has 176 valence electrons. The fourth-order valence-corrected chi connectivity index (χ4v) is 3.68. The van der Waals surface area contributed by atoms with Crippen molar-refractivity contribution in [2.24, 2.45) is 5.92 Å². The number of carboxylic acids is 1. The molecule has 1 aliphatic heterocycles. The van der Waals surface area contributed by atoms with E-state index in [1.165, 1.54) is 12.8 Å². The number of amides is 1. The van der Waals surface area contributed by atoms with E-state index < -0.39 is 12.1 Å². The Kier molecular flexibility index (Phi) is 9.30. The van der Waals surface area contributed by atoms with Crippen molar-refractivity contribution >= 4 is 11.9 Å². The van der Waals surface area contributed by atoms with Crippen LogP contribution in [-0.4, -0.2) is 82.6 Å². The molecule has 1 unspecified atom stereocenters. The standard InChI is InChI=1S/C18H30N4O2.C2HF3O2/c1-20(2)10-8-15-11-21(13-16-7-9-19-22(16)12-15)18(23)14-24-17-5-3-4-6-17;3-2(4,5)1(6)7/h7,9,15,17H,3-6,8,10-14H2,1-2H3;(H,6,7). The molecule has 0 radical (unpaired) electrons. The number of aliphatic carboxylic acids is 1. The minimum atomic E-state index is -5.08. The van der Waals surface area contributed by atoms with Crippen LogP contribution in [0, 0.1) is 5.92 Å². The Balaban J connectivity index is 0.000000423. The number of aromatic nitrogens is 2. The van der Waals surface area contributed by atoms with Gasteiger partial charge >= 0.3 is 12.1 Å². The van der Waals surface area contributed by atoms with Gasteiger partial charge in [-0.1, -0.05) is 12.8 Å². The Morgan fingerprint density at radius 2 is 1.90 bits per heavy atom. The summed E-state index contributed by atoms with van der Waals surface area (Å²) >= 11 is 0. The van der Waals surface area contributed by atoms with Gasteiger partial charge in [-0.3, -0.25) is 9.48 Å². The molecule has 11 heteroatoms. The highest BCUT2D eigenvalue weighted by atomic mass is 19.4. The molecule has 1 aromatic rings. The molecule has 0 bridgehead atoms. The summed E-state index contributed by atoms with van der Waals surface area (Å²) in [5, 5.41) is 11.6. The first-order valence-electron chi connectivity index (χ1n) is 10.4. The Labute approximate surface area is 179 Å². The summed E-state index contributed by atoms with van der Waals surface area (Å²) in [4.78, 5) is 25.7. The van der Waals surface area contributed by atoms with E-state index in [9.17, 15) is 18.0 Å². The molecular weight excluding hydrogens is 417 g/mol. The van der Waals surface area contributed by atoms with Crippen LogP contribution in [0.25, 0.3) is 0 Å². The molecule has 3 rings (SSSR count). The fraction of sp³-hybridized carbons (Fsp3) is 0.750. The normalized spacial score (nSPS) is 19.5. The van der Waals surface area contributed by atoms with Gasteiger partial charge in [0.2, 0.25) is 5.91 Å². The molecule has 2 aliphatic rings. The van der Waals surface area contributed by atoms with Crippen LogP contribution in [0.15, 0.2) is 12.3 Å². The topological polar surface area (TPSA) is 87.9 Å². The number of halogens is 3. The molecule has 1 N–H and O–H groups in total. The highest BCUT2D eigenvalue weighted by Gasteiger charge is 2.38. The van der Waals surface area contributed by atoms with Crippen LogP contribution in [0.2, 0.25) is 0 Å². The van der Waals surface area contributed by atoms with E-state index in [2.05, 4.69) is 28.8 Å². The van der Waals surface area contributed by atoms with E-state index in [0.29, 0.717) is 12.5 Å². The SMILES string of the molecule is CN(C)CCC1CN(C(=O)COC2CCCC2)Cc2ccnn2C1.O=C(O)C(F)(F)F. The van der Waals surface area contributed by atoms with Crippen molar-refractivity contribution in [1.29, 1.82) is 0 Å². The van der Waals surface area contributed by atoms with Crippen molar-refractivity contribution < 1.29 is 32.6 Å². The van der Waals surface area contributed by atoms with Crippen LogP contribution in [0.4, 0.5) is 13.2 Å². The van der Waals surface area contributed by atoms with Crippen molar-refractivity contribution in [2.45, 2.75) is 57.5 Å². The van der Waals surface area contributed by atoms with Gasteiger partial charge in [0.25, 0.3) is 0 Å². The van der Waals surface area contributed by atoms with Gasteiger partial charge in [-0.05, 0) is 51.9 Å². The van der Waals surface area contributed by atoms with Crippen molar-refractivity contribution in [3.63, 3.8) is 0 Å². The maximum absolute atomic E-state index is 12.7. The molecule has 8 nitrogen and oxygen atoms in total. The van der Waals surface area contributed by atoms with Crippen molar-refractivity contribution in [2.75, 3.05) is 33.8 Å². The third-order valence-electron chi connectivity index (χ3n) is 5.39. The first kappa shape index (κ1) is 25.1. The second-order valence-corrected chi connectivity index (χ2v) is 8.26. The average Bonchev–Trinajstić information content (AvgIpc) is 3.32. The summed E-state index contributed by atoms with van der Waals surface area (Å²) in [6.45, 7) is 3.58. The van der Waals surface area contributed by atoms with Crippen molar-refractivity contribution in [3.05, 3.63) is 18.0 Å². The summed E-state index contributed by atoms with van der Waals surface area (Å²) in [5.41, 5.74) is 1.12. The number of ether oxygens (including phenoxy) is 1. The van der Waals surface area contributed by atoms with Gasteiger partial charge < -0.3 is 19.6 Å². The first-order chi connectivity index (χ1) is 14.6. The summed E-state index contributed by atoms with van der Waals surface area (Å²) < 4.78 is 39.6. The predicted octanol–water partition coefficient (Wildman–Crippen LogP) is 2.39. The van der Waals surface area contributed by atoms with Gasteiger partial charge in [-0.2, -0.15) is 18.3 Å². The quantitative estimate of drug-likeness (QED) is 0.719. The minimum absolute atomic E-state index is 0.117. The van der Waals surface area contributed by atoms with Crippen LogP contribution < -0.4 is 0 Å². The molecule has 0 saturated heterocycles. The Bertz CT molecular complexity index is 718. The Morgan fingerprint density at radius 1 is 1.26 bits per heavy atom. The number of hydrogen-bond donors (Lipinski definition) is 1. The molecular formula is C20H31F3N4O4. The van der Waals surface area contributed by atoms with Crippen molar-refractivity contribution in [3.8, 4) is 0 Å². The van der Waals surface area contributed by atoms with E-state index >= 15 is 0 Å². The highest BCUT2D eigenvalue weighted by Crippen LogP contribution is 2.22. The van der Waals surface area contributed by atoms with Gasteiger partial charge in [-0.15, -0.1) is 0 Å². The lowest BCUT2D eigenvalue weighted by Gasteiger charge is -2.25. The highest BCUT2D eigenvalue weighted by molar-refractivity contribution is 5.77. The monoisotopic (exact) mass is 448 g/mol. The van der Waals surface area contributed by atoms with Crippen LogP contribution in [0.1, 0.15) is 37.8 Å². The van der Waals surface area contributed by atoms with Gasteiger partial charge in [0.05, 0.1) is 18.3 Å². The lowest BCUT2D eigenvalue weighted by atomic mass is 10.1. The lowest BCUT2D eigenvalue weighted by Crippen LogP contribution is -2.37. The molecule has 1 atom stereocenters. The number of carbonyl (C=O) groups is 2. The van der Waals surface area contributed by atoms with Crippen LogP contribution in [0.5, 0.6) is 0 Å². The summed E-state index contributed by atoms with van der Waals surface area (Å²) in [7, 11) is 4.18. The first-order valence-corrected chi connectivity index (χ1v) is 10.4. The van der Waals surface area contributed by atoms with E-state index in [1.807, 2.05) is 17.2 Å². The molecule has 1 aromatic heterocycles. The molecule has 0 spiro atoms. The fourth-order valence-electron chi connectivity index (χ4n) is 3.68. The summed E-state index contributed by atoms with van der Waals surface area (Å²) in [5.74, 6) is -2.21. The zero-order chi connectivity index (χ0) is 23.0. The number of fused-ring (bicyclic) bond motifs is 1.